The van der Waals surface area contributed by atoms with E-state index in [0.29, 0.717) is 0 Å². The van der Waals surface area contributed by atoms with E-state index in [9.17, 15) is 4.39 Å². The van der Waals surface area contributed by atoms with Crippen molar-refractivity contribution in [3.63, 3.8) is 0 Å². The van der Waals surface area contributed by atoms with Crippen LogP contribution >= 0.6 is 0 Å². The van der Waals surface area contributed by atoms with E-state index in [-0.39, 0.29) is 0 Å². The summed E-state index contributed by atoms with van der Waals surface area (Å²) in [5.41, 5.74) is 0. The third-order valence-electron chi connectivity index (χ3n) is 0.301. The lowest BCUT2D eigenvalue weighted by molar-refractivity contribution is -0.698. The van der Waals surface area contributed by atoms with Crippen molar-refractivity contribution in [2.45, 2.75) is 0 Å². The van der Waals surface area contributed by atoms with E-state index < -0.39 is 16.3 Å². The Labute approximate surface area is 42.2 Å². The van der Waals surface area contributed by atoms with E-state index in [4.69, 9.17) is 20.2 Å². The van der Waals surface area contributed by atoms with Gasteiger partial charge in [0.2, 0.25) is 0 Å². The van der Waals surface area contributed by atoms with Crippen molar-refractivity contribution in [1.29, 1.82) is 0 Å². The first-order chi connectivity index (χ1) is 3.55. The van der Waals surface area contributed by atoms with Crippen LogP contribution in [0.1, 0.15) is 0 Å². The van der Waals surface area contributed by atoms with Gasteiger partial charge in [-0.15, -0.1) is 0 Å². The number of nitro groups is 2. The van der Waals surface area contributed by atoms with Crippen LogP contribution in [-0.2, 0) is 0 Å². The highest BCUT2D eigenvalue weighted by Crippen LogP contribution is 2.00. The van der Waals surface area contributed by atoms with Gasteiger partial charge in [-0.3, -0.25) is 20.2 Å². The standard InChI is InChI=1S/CFN2O4/c2-1(3(5)6)4(7)8. The van der Waals surface area contributed by atoms with Crippen molar-refractivity contribution < 1.29 is 14.2 Å². The summed E-state index contributed by atoms with van der Waals surface area (Å²) in [7, 11) is 0. The fraction of sp³-hybridized carbons (Fsp3) is 0. The predicted octanol–water partition coefficient (Wildman–Crippen LogP) is -0.0437. The number of halogens is 1. The van der Waals surface area contributed by atoms with Gasteiger partial charge in [0, 0.05) is 0 Å². The molecule has 1 radical (unpaired) electrons. The minimum Gasteiger partial charge on any atom is -0.255 e. The molecule has 0 aliphatic rings. The Hall–Kier alpha value is -1.27. The van der Waals surface area contributed by atoms with Gasteiger partial charge in [0.25, 0.3) is 0 Å². The largest absolute Gasteiger partial charge is 0.797 e. The van der Waals surface area contributed by atoms with Crippen LogP contribution in [0.3, 0.4) is 0 Å². The molecule has 0 aliphatic heterocycles. The first kappa shape index (κ1) is 6.73. The summed E-state index contributed by atoms with van der Waals surface area (Å²) in [6.07, 6.45) is -2.45. The molecule has 0 aromatic carbocycles. The quantitative estimate of drug-likeness (QED) is 0.292. The second kappa shape index (κ2) is 2.15. The van der Waals surface area contributed by atoms with Crippen LogP contribution in [-0.4, -0.2) is 9.85 Å². The number of nitrogens with zero attached hydrogens (tertiary/aromatic N) is 2. The van der Waals surface area contributed by atoms with Gasteiger partial charge in [0.15, 0.2) is 9.85 Å². The summed E-state index contributed by atoms with van der Waals surface area (Å²) in [6.45, 7) is 0. The molecule has 0 bridgehead atoms. The molecule has 0 aliphatic carbocycles. The maximum absolute atomic E-state index is 11.2. The van der Waals surface area contributed by atoms with Crippen LogP contribution in [0, 0.1) is 26.6 Å². The Morgan fingerprint density at radius 1 is 1.25 bits per heavy atom. The molecule has 0 aromatic heterocycles. The predicted molar refractivity (Wildman–Crippen MR) is 18.3 cm³/mol. The second-order valence-electron chi connectivity index (χ2n) is 0.783. The maximum Gasteiger partial charge on any atom is 0.797 e. The zero-order valence-corrected chi connectivity index (χ0v) is 3.41. The van der Waals surface area contributed by atoms with E-state index in [0.717, 1.165) is 0 Å². The smallest absolute Gasteiger partial charge is 0.255 e. The van der Waals surface area contributed by atoms with Gasteiger partial charge in [0.05, 0.1) is 0 Å². The van der Waals surface area contributed by atoms with Crippen LogP contribution in [0.2, 0.25) is 0 Å². The fourth-order valence-electron chi connectivity index (χ4n) is 0.0667. The van der Waals surface area contributed by atoms with E-state index in [1.165, 1.54) is 0 Å². The highest BCUT2D eigenvalue weighted by atomic mass is 19.1. The molecule has 0 spiro atoms. The summed E-state index contributed by atoms with van der Waals surface area (Å²) in [4.78, 5) is 14.8. The van der Waals surface area contributed by atoms with Crippen LogP contribution in [0.4, 0.5) is 4.39 Å². The molecule has 0 aromatic rings. The third kappa shape index (κ3) is 1.45. The van der Waals surface area contributed by atoms with E-state index >= 15 is 0 Å². The highest BCUT2D eigenvalue weighted by Gasteiger charge is 2.40. The van der Waals surface area contributed by atoms with Gasteiger partial charge in [-0.2, -0.15) is 0 Å². The zero-order chi connectivity index (χ0) is 6.73. The van der Waals surface area contributed by atoms with Gasteiger partial charge < -0.3 is 0 Å². The number of hydrogen-bond donors (Lipinski definition) is 0. The minimum atomic E-state index is -2.45. The van der Waals surface area contributed by atoms with E-state index in [1.807, 2.05) is 0 Å². The third-order valence-corrected chi connectivity index (χ3v) is 0.301. The average Bonchev–Trinajstić information content (AvgIpc) is 1.64. The molecule has 0 atom stereocenters. The Bertz CT molecular complexity index is 109. The van der Waals surface area contributed by atoms with Gasteiger partial charge in [-0.05, 0) is 0 Å². The molecule has 45 valence electrons. The molecule has 0 rings (SSSR count). The van der Waals surface area contributed by atoms with Crippen molar-refractivity contribution in [2.24, 2.45) is 0 Å². The number of rotatable bonds is 2. The highest BCUT2D eigenvalue weighted by molar-refractivity contribution is 4.34. The molecule has 7 heteroatoms. The topological polar surface area (TPSA) is 86.3 Å². The molecule has 0 saturated heterocycles. The summed E-state index contributed by atoms with van der Waals surface area (Å²) >= 11 is 0. The zero-order valence-electron chi connectivity index (χ0n) is 3.41. The van der Waals surface area contributed by atoms with Gasteiger partial charge in [0.1, 0.15) is 0 Å². The summed E-state index contributed by atoms with van der Waals surface area (Å²) in [5, 5.41) is 18.2. The molecule has 8 heavy (non-hydrogen) atoms. The summed E-state index contributed by atoms with van der Waals surface area (Å²) in [6, 6.07) is 0. The van der Waals surface area contributed by atoms with E-state index in [2.05, 4.69) is 0 Å². The first-order valence-electron chi connectivity index (χ1n) is 1.37. The monoisotopic (exact) mass is 123 g/mol. The summed E-state index contributed by atoms with van der Waals surface area (Å²) < 4.78 is 11.2. The molecule has 6 nitrogen and oxygen atoms in total. The maximum atomic E-state index is 11.2. The molecule has 0 heterocycles. The summed E-state index contributed by atoms with van der Waals surface area (Å²) in [5.74, 6) is 0. The first-order valence-corrected chi connectivity index (χ1v) is 1.37. The van der Waals surface area contributed by atoms with Crippen molar-refractivity contribution >= 4 is 0 Å². The van der Waals surface area contributed by atoms with Crippen LogP contribution in [0.25, 0.3) is 0 Å². The molecule has 0 unspecified atom stereocenters. The van der Waals surface area contributed by atoms with Crippen molar-refractivity contribution in [3.05, 3.63) is 26.6 Å². The lowest BCUT2D eigenvalue weighted by atomic mass is 11.1. The SMILES string of the molecule is O=[N+]([O-])[C](F)[N+](=O)[O-]. The van der Waals surface area contributed by atoms with Crippen LogP contribution in [0.5, 0.6) is 0 Å². The Balaban J connectivity index is 3.83. The fourth-order valence-corrected chi connectivity index (χ4v) is 0.0667. The van der Waals surface area contributed by atoms with Gasteiger partial charge in [-0.25, -0.2) is 0 Å². The van der Waals surface area contributed by atoms with E-state index in [1.54, 1.807) is 0 Å². The van der Waals surface area contributed by atoms with Crippen molar-refractivity contribution in [1.82, 2.24) is 0 Å². The molecular formula is CFN2O4. The molecule has 0 amide bonds. The Morgan fingerprint density at radius 3 is 1.50 bits per heavy atom. The Morgan fingerprint density at radius 2 is 1.50 bits per heavy atom. The van der Waals surface area contributed by atoms with Gasteiger partial charge >= 0.3 is 6.42 Å². The van der Waals surface area contributed by atoms with Crippen molar-refractivity contribution in [2.75, 3.05) is 0 Å². The average molecular weight is 123 g/mol. The van der Waals surface area contributed by atoms with Crippen LogP contribution < -0.4 is 0 Å². The molecular weight excluding hydrogens is 123 g/mol. The number of hydrogen-bond acceptors (Lipinski definition) is 4. The molecule has 0 N–H and O–H groups in total. The molecule has 0 fully saturated rings. The lowest BCUT2D eigenvalue weighted by Crippen LogP contribution is -2.13. The lowest BCUT2D eigenvalue weighted by Gasteiger charge is -1.80. The minimum absolute atomic E-state index is 1.71. The Kier molecular flexibility index (Phi) is 1.80. The van der Waals surface area contributed by atoms with Crippen molar-refractivity contribution in [3.8, 4) is 0 Å². The van der Waals surface area contributed by atoms with Crippen LogP contribution in [0.15, 0.2) is 0 Å². The molecule has 0 saturated carbocycles. The second-order valence-corrected chi connectivity index (χ2v) is 0.783. The normalized spacial score (nSPS) is 9.25. The van der Waals surface area contributed by atoms with Gasteiger partial charge in [-0.1, -0.05) is 4.39 Å².